The molecule has 0 unspecified atom stereocenters. The zero-order chi connectivity index (χ0) is 16.9. The molecular formula is C19H17N5S. The predicted octanol–water partition coefficient (Wildman–Crippen LogP) is 3.38. The highest BCUT2D eigenvalue weighted by Crippen LogP contribution is 2.35. The van der Waals surface area contributed by atoms with Crippen molar-refractivity contribution in [2.24, 2.45) is 4.99 Å². The maximum absolute atomic E-state index is 4.68. The third kappa shape index (κ3) is 3.64. The summed E-state index contributed by atoms with van der Waals surface area (Å²) in [7, 11) is 0. The Hall–Kier alpha value is -2.86. The molecule has 0 aromatic carbocycles. The summed E-state index contributed by atoms with van der Waals surface area (Å²) in [6.07, 6.45) is 14.5. The van der Waals surface area contributed by atoms with Crippen molar-refractivity contribution < 1.29 is 0 Å². The Morgan fingerprint density at radius 1 is 1.08 bits per heavy atom. The molecule has 0 amide bonds. The lowest BCUT2D eigenvalue weighted by molar-refractivity contribution is 0.484. The van der Waals surface area contributed by atoms with Gasteiger partial charge in [0, 0.05) is 42.8 Å². The quantitative estimate of drug-likeness (QED) is 0.919. The van der Waals surface area contributed by atoms with Crippen LogP contribution in [-0.2, 0) is 6.42 Å². The number of allylic oxidation sites excluding steroid dienone is 4. The van der Waals surface area contributed by atoms with E-state index in [1.165, 1.54) is 0 Å². The molecule has 4 heterocycles. The summed E-state index contributed by atoms with van der Waals surface area (Å²) >= 11 is 1.63. The first kappa shape index (κ1) is 15.7. The number of nitrogens with zero attached hydrogens (tertiary/aromatic N) is 4. The molecule has 4 rings (SSSR count). The zero-order valence-corrected chi connectivity index (χ0v) is 14.4. The first-order chi connectivity index (χ1) is 12.4. The van der Waals surface area contributed by atoms with E-state index in [9.17, 15) is 0 Å². The first-order valence-electron chi connectivity index (χ1n) is 8.08. The minimum Gasteiger partial charge on any atom is -0.271 e. The number of hydrogen-bond acceptors (Lipinski definition) is 5. The van der Waals surface area contributed by atoms with Gasteiger partial charge in [0.15, 0.2) is 5.17 Å². The van der Waals surface area contributed by atoms with Gasteiger partial charge in [0.1, 0.15) is 5.03 Å². The number of amidine groups is 1. The highest BCUT2D eigenvalue weighted by Gasteiger charge is 2.27. The average molecular weight is 347 g/mol. The molecule has 2 aromatic heterocycles. The molecule has 1 saturated heterocycles. The van der Waals surface area contributed by atoms with E-state index in [0.717, 1.165) is 33.6 Å². The minimum absolute atomic E-state index is 0.704. The van der Waals surface area contributed by atoms with E-state index < -0.39 is 0 Å². The normalized spacial score (nSPS) is 17.6. The Morgan fingerprint density at radius 2 is 2.04 bits per heavy atom. The van der Waals surface area contributed by atoms with Crippen LogP contribution in [0.5, 0.6) is 0 Å². The summed E-state index contributed by atoms with van der Waals surface area (Å²) in [5, 5.41) is 4.05. The Balaban J connectivity index is 1.49. The SMILES string of the molecule is C1=CC=C(c2cccnc2)N2NC(=NCCc3ccccn3)SC2=C1. The maximum atomic E-state index is 4.68. The van der Waals surface area contributed by atoms with Gasteiger partial charge in [-0.05, 0) is 48.2 Å². The van der Waals surface area contributed by atoms with Gasteiger partial charge in [0.25, 0.3) is 0 Å². The van der Waals surface area contributed by atoms with Crippen LogP contribution in [0.25, 0.3) is 5.70 Å². The van der Waals surface area contributed by atoms with Gasteiger partial charge in [-0.3, -0.25) is 20.4 Å². The van der Waals surface area contributed by atoms with Crippen molar-refractivity contribution >= 4 is 22.6 Å². The number of hydrogen-bond donors (Lipinski definition) is 1. The summed E-state index contributed by atoms with van der Waals surface area (Å²) in [6, 6.07) is 9.96. The molecule has 0 spiro atoms. The molecule has 25 heavy (non-hydrogen) atoms. The fourth-order valence-electron chi connectivity index (χ4n) is 2.59. The van der Waals surface area contributed by atoms with Crippen molar-refractivity contribution in [1.82, 2.24) is 20.4 Å². The van der Waals surface area contributed by atoms with Crippen LogP contribution in [0.4, 0.5) is 0 Å². The number of aliphatic imine (C=N–C) groups is 1. The van der Waals surface area contributed by atoms with Crippen LogP contribution < -0.4 is 5.43 Å². The first-order valence-corrected chi connectivity index (χ1v) is 8.90. The molecule has 2 aliphatic rings. The molecule has 0 radical (unpaired) electrons. The molecule has 2 aliphatic heterocycles. The van der Waals surface area contributed by atoms with E-state index >= 15 is 0 Å². The molecule has 1 N–H and O–H groups in total. The number of nitrogens with one attached hydrogen (secondary N) is 1. The predicted molar refractivity (Wildman–Crippen MR) is 102 cm³/mol. The maximum Gasteiger partial charge on any atom is 0.182 e. The lowest BCUT2D eigenvalue weighted by Crippen LogP contribution is -2.31. The second-order valence-corrected chi connectivity index (χ2v) is 6.50. The van der Waals surface area contributed by atoms with Crippen molar-refractivity contribution in [2.75, 3.05) is 6.54 Å². The molecule has 2 aromatic rings. The van der Waals surface area contributed by atoms with Gasteiger partial charge in [-0.15, -0.1) is 0 Å². The Labute approximate surface area is 150 Å². The van der Waals surface area contributed by atoms with E-state index in [4.69, 9.17) is 0 Å². The monoisotopic (exact) mass is 347 g/mol. The Kier molecular flexibility index (Phi) is 4.61. The number of hydrazine groups is 1. The van der Waals surface area contributed by atoms with Crippen LogP contribution in [0.2, 0.25) is 0 Å². The van der Waals surface area contributed by atoms with Crippen LogP contribution in [0.1, 0.15) is 11.3 Å². The summed E-state index contributed by atoms with van der Waals surface area (Å²) < 4.78 is 0. The molecule has 124 valence electrons. The van der Waals surface area contributed by atoms with Gasteiger partial charge in [-0.2, -0.15) is 0 Å². The van der Waals surface area contributed by atoms with E-state index in [1.807, 2.05) is 48.8 Å². The van der Waals surface area contributed by atoms with Gasteiger partial charge in [0.2, 0.25) is 0 Å². The smallest absolute Gasteiger partial charge is 0.182 e. The molecule has 0 saturated carbocycles. The molecule has 0 atom stereocenters. The lowest BCUT2D eigenvalue weighted by atomic mass is 10.2. The summed E-state index contributed by atoms with van der Waals surface area (Å²) in [6.45, 7) is 0.704. The van der Waals surface area contributed by atoms with Crippen LogP contribution in [0.15, 0.2) is 83.2 Å². The van der Waals surface area contributed by atoms with Crippen LogP contribution in [0.3, 0.4) is 0 Å². The van der Waals surface area contributed by atoms with Crippen LogP contribution in [-0.4, -0.2) is 26.7 Å². The summed E-state index contributed by atoms with van der Waals surface area (Å²) in [5.41, 5.74) is 6.56. The number of thioether (sulfide) groups is 1. The van der Waals surface area contributed by atoms with Crippen molar-refractivity contribution in [1.29, 1.82) is 0 Å². The molecular weight excluding hydrogens is 330 g/mol. The second-order valence-electron chi connectivity index (χ2n) is 5.49. The molecule has 6 heteroatoms. The number of aromatic nitrogens is 2. The standard InChI is InChI=1S/C19H17N5S/c1-2-9-18-24(17(8-1)15-6-5-11-20-14-15)23-19(25-18)22-13-10-16-7-3-4-12-21-16/h1-9,11-12,14H,10,13H2,(H,22,23). The van der Waals surface area contributed by atoms with Crippen molar-refractivity contribution in [3.63, 3.8) is 0 Å². The van der Waals surface area contributed by atoms with E-state index in [0.29, 0.717) is 6.54 Å². The lowest BCUT2D eigenvalue weighted by Gasteiger charge is -2.21. The highest BCUT2D eigenvalue weighted by molar-refractivity contribution is 8.17. The fourth-order valence-corrected chi connectivity index (χ4v) is 3.46. The number of pyridine rings is 2. The molecule has 0 aliphatic carbocycles. The van der Waals surface area contributed by atoms with Gasteiger partial charge < -0.3 is 0 Å². The summed E-state index contributed by atoms with van der Waals surface area (Å²) in [5.74, 6) is 0. The van der Waals surface area contributed by atoms with E-state index in [-0.39, 0.29) is 0 Å². The molecule has 1 fully saturated rings. The second kappa shape index (κ2) is 7.36. The minimum atomic E-state index is 0.704. The largest absolute Gasteiger partial charge is 0.271 e. The summed E-state index contributed by atoms with van der Waals surface area (Å²) in [4.78, 5) is 13.2. The average Bonchev–Trinajstić information content (AvgIpc) is 2.96. The van der Waals surface area contributed by atoms with Crippen LogP contribution >= 0.6 is 11.8 Å². The molecule has 0 bridgehead atoms. The van der Waals surface area contributed by atoms with Gasteiger partial charge in [0.05, 0.1) is 5.70 Å². The third-order valence-electron chi connectivity index (χ3n) is 3.78. The molecule has 5 nitrogen and oxygen atoms in total. The Bertz CT molecular complexity index is 856. The highest BCUT2D eigenvalue weighted by atomic mass is 32.2. The van der Waals surface area contributed by atoms with Crippen LogP contribution in [0, 0.1) is 0 Å². The van der Waals surface area contributed by atoms with E-state index in [1.54, 1.807) is 18.0 Å². The van der Waals surface area contributed by atoms with Crippen molar-refractivity contribution in [3.8, 4) is 0 Å². The number of rotatable bonds is 4. The van der Waals surface area contributed by atoms with E-state index in [2.05, 4.69) is 43.6 Å². The Morgan fingerprint density at radius 3 is 2.88 bits per heavy atom. The van der Waals surface area contributed by atoms with Gasteiger partial charge in [-0.1, -0.05) is 18.2 Å². The third-order valence-corrected chi connectivity index (χ3v) is 4.72. The number of fused-ring (bicyclic) bond motifs is 1. The fraction of sp³-hybridized carbons (Fsp3) is 0.105. The topological polar surface area (TPSA) is 53.4 Å². The van der Waals surface area contributed by atoms with Crippen molar-refractivity contribution in [2.45, 2.75) is 6.42 Å². The van der Waals surface area contributed by atoms with Gasteiger partial charge in [-0.25, -0.2) is 5.01 Å². The zero-order valence-electron chi connectivity index (χ0n) is 13.5. The van der Waals surface area contributed by atoms with Gasteiger partial charge >= 0.3 is 0 Å². The van der Waals surface area contributed by atoms with Crippen molar-refractivity contribution in [3.05, 3.63) is 89.5 Å².